The SMILES string of the molecule is Brc1ccccc1CNCC1Cc2ccccc21. The predicted octanol–water partition coefficient (Wildman–Crippen LogP) is 3.88. The Kier molecular flexibility index (Phi) is 3.48. The molecule has 1 N–H and O–H groups in total. The highest BCUT2D eigenvalue weighted by molar-refractivity contribution is 9.10. The Morgan fingerprint density at radius 3 is 2.67 bits per heavy atom. The Morgan fingerprint density at radius 1 is 1.06 bits per heavy atom. The molecule has 0 saturated carbocycles. The maximum Gasteiger partial charge on any atom is 0.0220 e. The normalized spacial score (nSPS) is 17.1. The van der Waals surface area contributed by atoms with Gasteiger partial charge in [-0.05, 0) is 29.2 Å². The third-order valence-electron chi connectivity index (χ3n) is 3.63. The van der Waals surface area contributed by atoms with Gasteiger partial charge in [0.2, 0.25) is 0 Å². The molecule has 0 radical (unpaired) electrons. The molecule has 1 unspecified atom stereocenters. The summed E-state index contributed by atoms with van der Waals surface area (Å²) in [6.07, 6.45) is 1.22. The Morgan fingerprint density at radius 2 is 1.83 bits per heavy atom. The van der Waals surface area contributed by atoms with Crippen molar-refractivity contribution in [2.75, 3.05) is 6.54 Å². The molecule has 92 valence electrons. The van der Waals surface area contributed by atoms with E-state index in [9.17, 15) is 0 Å². The molecule has 0 fully saturated rings. The molecule has 0 aliphatic heterocycles. The zero-order chi connectivity index (χ0) is 12.4. The van der Waals surface area contributed by atoms with Crippen molar-refractivity contribution >= 4 is 15.9 Å². The molecule has 0 bridgehead atoms. The van der Waals surface area contributed by atoms with Gasteiger partial charge in [-0.15, -0.1) is 0 Å². The monoisotopic (exact) mass is 301 g/mol. The number of fused-ring (bicyclic) bond motifs is 1. The summed E-state index contributed by atoms with van der Waals surface area (Å²) in [5.74, 6) is 0.698. The molecule has 3 rings (SSSR count). The summed E-state index contributed by atoms with van der Waals surface area (Å²) < 4.78 is 1.19. The number of halogens is 1. The van der Waals surface area contributed by atoms with Gasteiger partial charge in [0, 0.05) is 23.5 Å². The van der Waals surface area contributed by atoms with Crippen LogP contribution in [0.1, 0.15) is 22.6 Å². The number of hydrogen-bond donors (Lipinski definition) is 1. The van der Waals surface area contributed by atoms with Crippen LogP contribution in [0.25, 0.3) is 0 Å². The lowest BCUT2D eigenvalue weighted by Gasteiger charge is -2.30. The van der Waals surface area contributed by atoms with Gasteiger partial charge in [-0.2, -0.15) is 0 Å². The number of nitrogens with one attached hydrogen (secondary N) is 1. The largest absolute Gasteiger partial charge is 0.312 e. The van der Waals surface area contributed by atoms with Gasteiger partial charge >= 0.3 is 0 Å². The first-order valence-electron chi connectivity index (χ1n) is 6.36. The minimum Gasteiger partial charge on any atom is -0.312 e. The van der Waals surface area contributed by atoms with Gasteiger partial charge in [-0.25, -0.2) is 0 Å². The van der Waals surface area contributed by atoms with E-state index in [-0.39, 0.29) is 0 Å². The molecule has 1 atom stereocenters. The Balaban J connectivity index is 1.54. The smallest absolute Gasteiger partial charge is 0.0220 e. The summed E-state index contributed by atoms with van der Waals surface area (Å²) in [7, 11) is 0. The van der Waals surface area contributed by atoms with Crippen LogP contribution < -0.4 is 5.32 Å². The quantitative estimate of drug-likeness (QED) is 0.904. The zero-order valence-corrected chi connectivity index (χ0v) is 11.8. The Bertz CT molecular complexity index is 550. The van der Waals surface area contributed by atoms with Crippen LogP contribution in [0.3, 0.4) is 0 Å². The molecular weight excluding hydrogens is 286 g/mol. The van der Waals surface area contributed by atoms with Crippen molar-refractivity contribution < 1.29 is 0 Å². The highest BCUT2D eigenvalue weighted by atomic mass is 79.9. The average Bonchev–Trinajstić information content (AvgIpc) is 2.37. The van der Waals surface area contributed by atoms with Gasteiger partial charge in [0.25, 0.3) is 0 Å². The van der Waals surface area contributed by atoms with Crippen LogP contribution in [0.5, 0.6) is 0 Å². The van der Waals surface area contributed by atoms with Gasteiger partial charge in [-0.3, -0.25) is 0 Å². The van der Waals surface area contributed by atoms with E-state index in [1.165, 1.54) is 27.6 Å². The number of hydrogen-bond acceptors (Lipinski definition) is 1. The number of rotatable bonds is 4. The van der Waals surface area contributed by atoms with E-state index in [4.69, 9.17) is 0 Å². The average molecular weight is 302 g/mol. The first-order chi connectivity index (χ1) is 8.84. The molecule has 0 saturated heterocycles. The van der Waals surface area contributed by atoms with Gasteiger partial charge in [0.05, 0.1) is 0 Å². The van der Waals surface area contributed by atoms with Gasteiger partial charge in [0.15, 0.2) is 0 Å². The molecule has 18 heavy (non-hydrogen) atoms. The second-order valence-corrected chi connectivity index (χ2v) is 5.68. The van der Waals surface area contributed by atoms with E-state index in [0.29, 0.717) is 5.92 Å². The van der Waals surface area contributed by atoms with Crippen molar-refractivity contribution in [3.05, 3.63) is 69.7 Å². The molecular formula is C16H16BrN. The summed E-state index contributed by atoms with van der Waals surface area (Å²) >= 11 is 3.58. The lowest BCUT2D eigenvalue weighted by atomic mass is 9.77. The van der Waals surface area contributed by atoms with Crippen molar-refractivity contribution in [1.29, 1.82) is 0 Å². The summed E-state index contributed by atoms with van der Waals surface area (Å²) in [4.78, 5) is 0. The fourth-order valence-corrected chi connectivity index (χ4v) is 2.99. The van der Waals surface area contributed by atoms with Crippen LogP contribution in [0.4, 0.5) is 0 Å². The van der Waals surface area contributed by atoms with Crippen molar-refractivity contribution in [2.45, 2.75) is 18.9 Å². The second-order valence-electron chi connectivity index (χ2n) is 4.82. The van der Waals surface area contributed by atoms with Crippen molar-refractivity contribution in [3.8, 4) is 0 Å². The summed E-state index contributed by atoms with van der Waals surface area (Å²) in [5, 5.41) is 3.56. The molecule has 1 nitrogen and oxygen atoms in total. The van der Waals surface area contributed by atoms with E-state index >= 15 is 0 Å². The molecule has 1 aliphatic carbocycles. The topological polar surface area (TPSA) is 12.0 Å². The van der Waals surface area contributed by atoms with Gasteiger partial charge in [-0.1, -0.05) is 58.4 Å². The highest BCUT2D eigenvalue weighted by Crippen LogP contribution is 2.34. The van der Waals surface area contributed by atoms with Crippen LogP contribution in [0, 0.1) is 0 Å². The first kappa shape index (κ1) is 11.9. The Labute approximate surface area is 116 Å². The van der Waals surface area contributed by atoms with Crippen LogP contribution in [-0.2, 0) is 13.0 Å². The fourth-order valence-electron chi connectivity index (χ4n) is 2.57. The maximum absolute atomic E-state index is 3.58. The lowest BCUT2D eigenvalue weighted by Crippen LogP contribution is -2.28. The van der Waals surface area contributed by atoms with Crippen molar-refractivity contribution in [2.24, 2.45) is 0 Å². The van der Waals surface area contributed by atoms with Crippen LogP contribution in [0.15, 0.2) is 53.0 Å². The lowest BCUT2D eigenvalue weighted by molar-refractivity contribution is 0.535. The van der Waals surface area contributed by atoms with E-state index in [2.05, 4.69) is 69.8 Å². The van der Waals surface area contributed by atoms with E-state index < -0.39 is 0 Å². The highest BCUT2D eigenvalue weighted by Gasteiger charge is 2.24. The van der Waals surface area contributed by atoms with Crippen LogP contribution >= 0.6 is 15.9 Å². The van der Waals surface area contributed by atoms with E-state index in [1.54, 1.807) is 0 Å². The third-order valence-corrected chi connectivity index (χ3v) is 4.40. The zero-order valence-electron chi connectivity index (χ0n) is 10.2. The number of benzene rings is 2. The summed E-state index contributed by atoms with van der Waals surface area (Å²) in [5.41, 5.74) is 4.37. The molecule has 2 aromatic rings. The van der Waals surface area contributed by atoms with E-state index in [1.807, 2.05) is 0 Å². The Hall–Kier alpha value is -1.12. The van der Waals surface area contributed by atoms with Crippen LogP contribution in [-0.4, -0.2) is 6.54 Å². The predicted molar refractivity (Wildman–Crippen MR) is 78.7 cm³/mol. The maximum atomic E-state index is 3.58. The molecule has 0 heterocycles. The molecule has 2 heteroatoms. The van der Waals surface area contributed by atoms with Gasteiger partial charge in [0.1, 0.15) is 0 Å². The molecule has 0 amide bonds. The summed E-state index contributed by atoms with van der Waals surface area (Å²) in [6, 6.07) is 17.1. The van der Waals surface area contributed by atoms with Crippen molar-refractivity contribution in [1.82, 2.24) is 5.32 Å². The molecule has 0 aromatic heterocycles. The second kappa shape index (κ2) is 5.25. The molecule has 0 spiro atoms. The van der Waals surface area contributed by atoms with Crippen LogP contribution in [0.2, 0.25) is 0 Å². The molecule has 2 aromatic carbocycles. The standard InChI is InChI=1S/C16H16BrN/c17-16-8-4-2-6-13(16)10-18-11-14-9-12-5-1-3-7-15(12)14/h1-8,14,18H,9-11H2. The molecule has 1 aliphatic rings. The van der Waals surface area contributed by atoms with Crippen molar-refractivity contribution in [3.63, 3.8) is 0 Å². The van der Waals surface area contributed by atoms with E-state index in [0.717, 1.165) is 13.1 Å². The minimum absolute atomic E-state index is 0.698. The first-order valence-corrected chi connectivity index (χ1v) is 7.16. The fraction of sp³-hybridized carbons (Fsp3) is 0.250. The summed E-state index contributed by atoms with van der Waals surface area (Å²) in [6.45, 7) is 2.00. The van der Waals surface area contributed by atoms with Gasteiger partial charge < -0.3 is 5.32 Å². The third kappa shape index (κ3) is 2.36. The minimum atomic E-state index is 0.698.